The van der Waals surface area contributed by atoms with Gasteiger partial charge in [-0.2, -0.15) is 0 Å². The normalized spacial score (nSPS) is 10.7. The molecule has 0 saturated carbocycles. The number of amides is 1. The number of aromatic hydroxyl groups is 1. The van der Waals surface area contributed by atoms with Gasteiger partial charge in [-0.05, 0) is 12.1 Å². The quantitative estimate of drug-likeness (QED) is 0.702. The van der Waals surface area contributed by atoms with E-state index in [1.165, 1.54) is 0 Å². The number of rotatable bonds is 2. The van der Waals surface area contributed by atoms with Gasteiger partial charge in [-0.25, -0.2) is 8.78 Å². The highest BCUT2D eigenvalue weighted by atomic mass is 19.2. The van der Waals surface area contributed by atoms with E-state index in [0.717, 1.165) is 18.2 Å². The first-order valence-electron chi connectivity index (χ1n) is 3.66. The summed E-state index contributed by atoms with van der Waals surface area (Å²) in [7, 11) is 0. The van der Waals surface area contributed by atoms with Gasteiger partial charge in [-0.1, -0.05) is 0 Å². The number of benzene rings is 1. The van der Waals surface area contributed by atoms with Crippen molar-refractivity contribution < 1.29 is 18.7 Å². The van der Waals surface area contributed by atoms with Gasteiger partial charge < -0.3 is 10.8 Å². The van der Waals surface area contributed by atoms with Crippen molar-refractivity contribution in [3.8, 4) is 5.75 Å². The van der Waals surface area contributed by atoms with E-state index in [-0.39, 0.29) is 5.56 Å². The van der Waals surface area contributed by atoms with Gasteiger partial charge in [0.2, 0.25) is 5.91 Å². The molecule has 14 heavy (non-hydrogen) atoms. The number of primary amides is 1. The fourth-order valence-electron chi connectivity index (χ4n) is 0.857. The zero-order valence-corrected chi connectivity index (χ0v) is 7.00. The zero-order valence-electron chi connectivity index (χ0n) is 7.00. The first-order valence-corrected chi connectivity index (χ1v) is 3.66. The summed E-state index contributed by atoms with van der Waals surface area (Å²) < 4.78 is 25.2. The number of hydrogen-bond acceptors (Lipinski definition) is 2. The Hall–Kier alpha value is -1.91. The Morgan fingerprint density at radius 3 is 2.50 bits per heavy atom. The molecule has 0 aliphatic carbocycles. The van der Waals surface area contributed by atoms with Gasteiger partial charge in [0.05, 0.1) is 0 Å². The molecule has 74 valence electrons. The average Bonchev–Trinajstić information content (AvgIpc) is 2.09. The van der Waals surface area contributed by atoms with E-state index in [2.05, 4.69) is 0 Å². The van der Waals surface area contributed by atoms with E-state index in [1.807, 2.05) is 0 Å². The third kappa shape index (κ3) is 2.29. The van der Waals surface area contributed by atoms with Crippen molar-refractivity contribution in [1.82, 2.24) is 0 Å². The average molecular weight is 199 g/mol. The summed E-state index contributed by atoms with van der Waals surface area (Å²) in [6.07, 6.45) is 2.03. The molecule has 1 aromatic rings. The minimum Gasteiger partial charge on any atom is -0.507 e. The Kier molecular flexibility index (Phi) is 2.81. The topological polar surface area (TPSA) is 63.3 Å². The van der Waals surface area contributed by atoms with Gasteiger partial charge in [0, 0.05) is 17.7 Å². The van der Waals surface area contributed by atoms with Crippen LogP contribution in [0.15, 0.2) is 18.2 Å². The molecule has 0 aliphatic heterocycles. The highest BCUT2D eigenvalue weighted by Gasteiger charge is 2.06. The first-order chi connectivity index (χ1) is 6.50. The monoisotopic (exact) mass is 199 g/mol. The second-order valence-electron chi connectivity index (χ2n) is 2.56. The van der Waals surface area contributed by atoms with Crippen LogP contribution in [0.3, 0.4) is 0 Å². The zero-order chi connectivity index (χ0) is 10.7. The third-order valence-corrected chi connectivity index (χ3v) is 1.50. The smallest absolute Gasteiger partial charge is 0.241 e. The first kappa shape index (κ1) is 10.2. The number of phenolic OH excluding ortho intramolecular Hbond substituents is 1. The van der Waals surface area contributed by atoms with E-state index in [9.17, 15) is 13.6 Å². The molecular weight excluding hydrogens is 192 g/mol. The maximum atomic E-state index is 12.6. The van der Waals surface area contributed by atoms with E-state index in [4.69, 9.17) is 10.8 Å². The fraction of sp³-hybridized carbons (Fsp3) is 0. The van der Waals surface area contributed by atoms with Crippen molar-refractivity contribution in [2.45, 2.75) is 0 Å². The fourth-order valence-corrected chi connectivity index (χ4v) is 0.857. The van der Waals surface area contributed by atoms with Crippen LogP contribution in [-0.2, 0) is 4.79 Å². The van der Waals surface area contributed by atoms with Gasteiger partial charge in [-0.15, -0.1) is 0 Å². The van der Waals surface area contributed by atoms with Crippen LogP contribution in [0.4, 0.5) is 8.78 Å². The number of phenols is 1. The number of carbonyl (C=O) groups is 1. The van der Waals surface area contributed by atoms with Crippen molar-refractivity contribution in [2.24, 2.45) is 5.73 Å². The number of halogens is 2. The number of nitrogens with two attached hydrogens (primary N) is 1. The van der Waals surface area contributed by atoms with Crippen molar-refractivity contribution in [3.05, 3.63) is 35.4 Å². The summed E-state index contributed by atoms with van der Waals surface area (Å²) in [6.45, 7) is 0. The second-order valence-corrected chi connectivity index (χ2v) is 2.56. The van der Waals surface area contributed by atoms with E-state index in [1.54, 1.807) is 0 Å². The lowest BCUT2D eigenvalue weighted by Crippen LogP contribution is -2.05. The van der Waals surface area contributed by atoms with Crippen LogP contribution in [0.5, 0.6) is 5.75 Å². The van der Waals surface area contributed by atoms with Crippen LogP contribution in [0.1, 0.15) is 5.56 Å². The van der Waals surface area contributed by atoms with Gasteiger partial charge in [0.25, 0.3) is 0 Å². The lowest BCUT2D eigenvalue weighted by Gasteiger charge is -1.99. The van der Waals surface area contributed by atoms with E-state index in [0.29, 0.717) is 6.07 Å². The molecule has 0 saturated heterocycles. The minimum atomic E-state index is -1.15. The molecule has 0 atom stereocenters. The Morgan fingerprint density at radius 1 is 1.36 bits per heavy atom. The van der Waals surface area contributed by atoms with Crippen LogP contribution in [0.2, 0.25) is 0 Å². The molecule has 1 aromatic carbocycles. The van der Waals surface area contributed by atoms with Gasteiger partial charge in [-0.3, -0.25) is 4.79 Å². The standard InChI is InChI=1S/C9H7F2NO2/c10-6-3-5(1-2-9(12)14)8(13)4-7(6)11/h1-4,13H,(H2,12,14). The molecule has 1 rings (SSSR count). The second kappa shape index (κ2) is 3.87. The Bertz CT molecular complexity index is 402. The highest BCUT2D eigenvalue weighted by molar-refractivity contribution is 5.90. The maximum absolute atomic E-state index is 12.6. The van der Waals surface area contributed by atoms with Gasteiger partial charge >= 0.3 is 0 Å². The molecular formula is C9H7F2NO2. The highest BCUT2D eigenvalue weighted by Crippen LogP contribution is 2.21. The van der Waals surface area contributed by atoms with Gasteiger partial charge in [0.1, 0.15) is 5.75 Å². The summed E-state index contributed by atoms with van der Waals surface area (Å²) >= 11 is 0. The van der Waals surface area contributed by atoms with Crippen molar-refractivity contribution in [2.75, 3.05) is 0 Å². The third-order valence-electron chi connectivity index (χ3n) is 1.50. The van der Waals surface area contributed by atoms with Crippen LogP contribution in [-0.4, -0.2) is 11.0 Å². The molecule has 0 radical (unpaired) electrons. The lowest BCUT2D eigenvalue weighted by molar-refractivity contribution is -0.113. The summed E-state index contributed by atoms with van der Waals surface area (Å²) in [5, 5.41) is 9.12. The summed E-state index contributed by atoms with van der Waals surface area (Å²) in [5.41, 5.74) is 4.77. The van der Waals surface area contributed by atoms with Crippen molar-refractivity contribution in [3.63, 3.8) is 0 Å². The van der Waals surface area contributed by atoms with Crippen LogP contribution in [0, 0.1) is 11.6 Å². The number of hydrogen-bond donors (Lipinski definition) is 2. The molecule has 1 amide bonds. The largest absolute Gasteiger partial charge is 0.507 e. The van der Waals surface area contributed by atoms with E-state index >= 15 is 0 Å². The molecule has 0 bridgehead atoms. The Labute approximate surface area is 78.5 Å². The minimum absolute atomic E-state index is 0.0114. The molecule has 0 aromatic heterocycles. The van der Waals surface area contributed by atoms with Crippen molar-refractivity contribution in [1.29, 1.82) is 0 Å². The Morgan fingerprint density at radius 2 is 1.93 bits per heavy atom. The molecule has 0 heterocycles. The summed E-state index contributed by atoms with van der Waals surface area (Å²) in [5.74, 6) is -3.46. The van der Waals surface area contributed by atoms with Crippen molar-refractivity contribution >= 4 is 12.0 Å². The molecule has 0 fully saturated rings. The molecule has 5 heteroatoms. The van der Waals surface area contributed by atoms with Crippen LogP contribution >= 0.6 is 0 Å². The lowest BCUT2D eigenvalue weighted by atomic mass is 10.1. The predicted molar refractivity (Wildman–Crippen MR) is 46.3 cm³/mol. The summed E-state index contributed by atoms with van der Waals surface area (Å²) in [4.78, 5) is 10.3. The van der Waals surface area contributed by atoms with Crippen LogP contribution in [0.25, 0.3) is 6.08 Å². The molecule has 0 aliphatic rings. The predicted octanol–water partition coefficient (Wildman–Crippen LogP) is 1.17. The SMILES string of the molecule is NC(=O)C=Cc1cc(F)c(F)cc1O. The molecule has 3 nitrogen and oxygen atoms in total. The van der Waals surface area contributed by atoms with E-state index < -0.39 is 23.3 Å². The summed E-state index contributed by atoms with van der Waals surface area (Å²) in [6, 6.07) is 1.39. The Balaban J connectivity index is 3.10. The molecule has 0 spiro atoms. The van der Waals surface area contributed by atoms with Gasteiger partial charge in [0.15, 0.2) is 11.6 Å². The maximum Gasteiger partial charge on any atom is 0.241 e. The molecule has 3 N–H and O–H groups in total. The number of carbonyl (C=O) groups excluding carboxylic acids is 1. The van der Waals surface area contributed by atoms with Crippen LogP contribution < -0.4 is 5.73 Å². The molecule has 0 unspecified atom stereocenters.